The van der Waals surface area contributed by atoms with Crippen LogP contribution in [0.4, 0.5) is 0 Å². The van der Waals surface area contributed by atoms with E-state index in [1.807, 2.05) is 0 Å². The minimum absolute atomic E-state index is 0.348. The maximum Gasteiger partial charge on any atom is 0.241 e. The van der Waals surface area contributed by atoms with Gasteiger partial charge in [0.25, 0.3) is 0 Å². The van der Waals surface area contributed by atoms with E-state index in [1.165, 1.54) is 52.5 Å². The molecule has 1 aromatic heterocycles. The molecule has 1 fully saturated rings. The van der Waals surface area contributed by atoms with Crippen molar-refractivity contribution in [3.63, 3.8) is 0 Å². The van der Waals surface area contributed by atoms with Crippen LogP contribution in [0.1, 0.15) is 56.7 Å². The first-order chi connectivity index (χ1) is 9.74. The van der Waals surface area contributed by atoms with Crippen LogP contribution in [0, 0.1) is 5.92 Å². The number of methoxy groups -OCH3 is 2. The fourth-order valence-electron chi connectivity index (χ4n) is 2.85. The zero-order valence-corrected chi connectivity index (χ0v) is 12.3. The number of ether oxygens (including phenoxy) is 2. The van der Waals surface area contributed by atoms with Crippen molar-refractivity contribution in [2.45, 2.75) is 51.0 Å². The van der Waals surface area contributed by atoms with Crippen molar-refractivity contribution in [1.82, 2.24) is 9.97 Å². The van der Waals surface area contributed by atoms with E-state index >= 15 is 0 Å². The maximum absolute atomic E-state index is 10.3. The number of aromatic nitrogens is 2. The highest BCUT2D eigenvalue weighted by atomic mass is 16.5. The Labute approximate surface area is 120 Å². The molecule has 1 unspecified atom stereocenters. The molecule has 1 aliphatic carbocycles. The summed E-state index contributed by atoms with van der Waals surface area (Å²) in [5, 5.41) is 10.3. The smallest absolute Gasteiger partial charge is 0.241 e. The van der Waals surface area contributed by atoms with Gasteiger partial charge in [-0.25, -0.2) is 4.98 Å². The van der Waals surface area contributed by atoms with E-state index in [1.54, 1.807) is 0 Å². The minimum atomic E-state index is -0.620. The normalized spacial score (nSPS) is 17.8. The lowest BCUT2D eigenvalue weighted by molar-refractivity contribution is 0.142. The largest absolute Gasteiger partial charge is 0.480 e. The summed E-state index contributed by atoms with van der Waals surface area (Å²) >= 11 is 0. The maximum atomic E-state index is 10.3. The van der Waals surface area contributed by atoms with Gasteiger partial charge in [-0.2, -0.15) is 4.98 Å². The van der Waals surface area contributed by atoms with Gasteiger partial charge in [0, 0.05) is 0 Å². The van der Waals surface area contributed by atoms with Crippen LogP contribution in [0.15, 0.2) is 6.20 Å². The first-order valence-electron chi connectivity index (χ1n) is 7.37. The SMILES string of the molecule is COc1cnc(C(O)CCC2CCCCC2)c(OC)n1. The fourth-order valence-corrected chi connectivity index (χ4v) is 2.85. The van der Waals surface area contributed by atoms with Crippen molar-refractivity contribution in [2.75, 3.05) is 14.2 Å². The molecule has 0 spiro atoms. The van der Waals surface area contributed by atoms with Gasteiger partial charge in [-0.15, -0.1) is 0 Å². The van der Waals surface area contributed by atoms with E-state index in [4.69, 9.17) is 9.47 Å². The first kappa shape index (κ1) is 15.0. The molecular formula is C15H24N2O3. The molecule has 1 atom stereocenters. The second-order valence-electron chi connectivity index (χ2n) is 5.40. The summed E-state index contributed by atoms with van der Waals surface area (Å²) in [6.45, 7) is 0. The molecule has 1 saturated carbocycles. The topological polar surface area (TPSA) is 64.5 Å². The van der Waals surface area contributed by atoms with Crippen LogP contribution in [0.25, 0.3) is 0 Å². The van der Waals surface area contributed by atoms with Gasteiger partial charge >= 0.3 is 0 Å². The van der Waals surface area contributed by atoms with Crippen LogP contribution in [-0.4, -0.2) is 29.3 Å². The Morgan fingerprint density at radius 2 is 2.00 bits per heavy atom. The quantitative estimate of drug-likeness (QED) is 0.868. The summed E-state index contributed by atoms with van der Waals surface area (Å²) in [7, 11) is 3.06. The molecule has 0 bridgehead atoms. The molecule has 1 aromatic rings. The van der Waals surface area contributed by atoms with Crippen molar-refractivity contribution >= 4 is 0 Å². The van der Waals surface area contributed by atoms with Crippen LogP contribution in [0.2, 0.25) is 0 Å². The third-order valence-corrected chi connectivity index (χ3v) is 4.04. The molecule has 0 radical (unpaired) electrons. The molecular weight excluding hydrogens is 256 g/mol. The van der Waals surface area contributed by atoms with Crippen LogP contribution < -0.4 is 9.47 Å². The van der Waals surface area contributed by atoms with E-state index in [9.17, 15) is 5.11 Å². The number of hydrogen-bond donors (Lipinski definition) is 1. The lowest BCUT2D eigenvalue weighted by Gasteiger charge is -2.22. The molecule has 20 heavy (non-hydrogen) atoms. The molecule has 1 N–H and O–H groups in total. The summed E-state index contributed by atoms with van der Waals surface area (Å²) in [4.78, 5) is 8.38. The highest BCUT2D eigenvalue weighted by Crippen LogP contribution is 2.32. The highest BCUT2D eigenvalue weighted by molar-refractivity contribution is 5.24. The summed E-state index contributed by atoms with van der Waals surface area (Å²) < 4.78 is 10.2. The molecule has 1 heterocycles. The van der Waals surface area contributed by atoms with E-state index in [0.717, 1.165) is 12.3 Å². The Bertz CT molecular complexity index is 420. The molecule has 0 saturated heterocycles. The third-order valence-electron chi connectivity index (χ3n) is 4.04. The summed E-state index contributed by atoms with van der Waals surface area (Å²) in [5.41, 5.74) is 0.504. The van der Waals surface area contributed by atoms with Crippen molar-refractivity contribution in [2.24, 2.45) is 5.92 Å². The zero-order chi connectivity index (χ0) is 14.4. The van der Waals surface area contributed by atoms with Crippen LogP contribution >= 0.6 is 0 Å². The predicted molar refractivity (Wildman–Crippen MR) is 75.9 cm³/mol. The van der Waals surface area contributed by atoms with Gasteiger partial charge in [0.05, 0.1) is 20.4 Å². The molecule has 112 valence electrons. The summed E-state index contributed by atoms with van der Waals surface area (Å²) in [6.07, 6.45) is 9.23. The lowest BCUT2D eigenvalue weighted by Crippen LogP contribution is -2.10. The fraction of sp³-hybridized carbons (Fsp3) is 0.733. The van der Waals surface area contributed by atoms with E-state index in [-0.39, 0.29) is 0 Å². The van der Waals surface area contributed by atoms with E-state index < -0.39 is 6.10 Å². The van der Waals surface area contributed by atoms with Gasteiger partial charge < -0.3 is 14.6 Å². The monoisotopic (exact) mass is 280 g/mol. The van der Waals surface area contributed by atoms with E-state index in [2.05, 4.69) is 9.97 Å². The molecule has 0 amide bonds. The Kier molecular flexibility index (Phi) is 5.59. The van der Waals surface area contributed by atoms with Gasteiger partial charge in [0.15, 0.2) is 0 Å². The van der Waals surface area contributed by atoms with Crippen LogP contribution in [0.3, 0.4) is 0 Å². The molecule has 1 aliphatic rings. The second kappa shape index (κ2) is 7.43. The Morgan fingerprint density at radius 3 is 2.65 bits per heavy atom. The van der Waals surface area contributed by atoms with Gasteiger partial charge in [0.2, 0.25) is 11.8 Å². The van der Waals surface area contributed by atoms with Gasteiger partial charge in [0.1, 0.15) is 11.8 Å². The average Bonchev–Trinajstić information content (AvgIpc) is 2.52. The third kappa shape index (κ3) is 3.82. The average molecular weight is 280 g/mol. The Morgan fingerprint density at radius 1 is 1.25 bits per heavy atom. The summed E-state index contributed by atoms with van der Waals surface area (Å²) in [6, 6.07) is 0. The van der Waals surface area contributed by atoms with Crippen LogP contribution in [-0.2, 0) is 0 Å². The molecule has 5 heteroatoms. The first-order valence-corrected chi connectivity index (χ1v) is 7.37. The minimum Gasteiger partial charge on any atom is -0.480 e. The Hall–Kier alpha value is -1.36. The second-order valence-corrected chi connectivity index (χ2v) is 5.40. The molecule has 5 nitrogen and oxygen atoms in total. The van der Waals surface area contributed by atoms with Gasteiger partial charge in [-0.05, 0) is 18.8 Å². The number of nitrogens with zero attached hydrogens (tertiary/aromatic N) is 2. The van der Waals surface area contributed by atoms with Gasteiger partial charge in [-0.3, -0.25) is 0 Å². The molecule has 0 aliphatic heterocycles. The summed E-state index contributed by atoms with van der Waals surface area (Å²) in [5.74, 6) is 1.49. The van der Waals surface area contributed by atoms with Crippen molar-refractivity contribution in [1.29, 1.82) is 0 Å². The predicted octanol–water partition coefficient (Wildman–Crippen LogP) is 2.89. The molecule has 2 rings (SSSR count). The van der Waals surface area contributed by atoms with Crippen molar-refractivity contribution in [3.8, 4) is 11.8 Å². The Balaban J connectivity index is 1.95. The number of aliphatic hydroxyl groups excluding tert-OH is 1. The standard InChI is InChI=1S/C15H24N2O3/c1-19-13-10-16-14(15(17-13)20-2)12(18)9-8-11-6-4-3-5-7-11/h10-12,18H,3-9H2,1-2H3. The van der Waals surface area contributed by atoms with E-state index in [0.29, 0.717) is 23.9 Å². The highest BCUT2D eigenvalue weighted by Gasteiger charge is 2.20. The zero-order valence-electron chi connectivity index (χ0n) is 12.3. The van der Waals surface area contributed by atoms with Crippen molar-refractivity contribution < 1.29 is 14.6 Å². The van der Waals surface area contributed by atoms with Gasteiger partial charge in [-0.1, -0.05) is 32.1 Å². The molecule has 0 aromatic carbocycles. The lowest BCUT2D eigenvalue weighted by atomic mass is 9.85. The number of rotatable bonds is 6. The van der Waals surface area contributed by atoms with Crippen LogP contribution in [0.5, 0.6) is 11.8 Å². The van der Waals surface area contributed by atoms with Crippen molar-refractivity contribution in [3.05, 3.63) is 11.9 Å². The number of aliphatic hydroxyl groups is 1. The number of hydrogen-bond acceptors (Lipinski definition) is 5.